The minimum absolute atomic E-state index is 0.0208. The van der Waals surface area contributed by atoms with Crippen LogP contribution in [-0.4, -0.2) is 27.7 Å². The lowest BCUT2D eigenvalue weighted by Crippen LogP contribution is -2.38. The summed E-state index contributed by atoms with van der Waals surface area (Å²) in [6.45, 7) is 0. The van der Waals surface area contributed by atoms with E-state index in [2.05, 4.69) is 5.10 Å². The molecule has 26 heavy (non-hydrogen) atoms. The number of non-ortho nitro benzene ring substituents is 1. The lowest BCUT2D eigenvalue weighted by Gasteiger charge is -2.22. The molecule has 0 N–H and O–H groups in total. The third-order valence-corrected chi connectivity index (χ3v) is 3.94. The second-order valence-electron chi connectivity index (χ2n) is 5.63. The van der Waals surface area contributed by atoms with Crippen molar-refractivity contribution in [3.8, 4) is 0 Å². The molecule has 1 amide bonds. The van der Waals surface area contributed by atoms with Crippen LogP contribution in [0.3, 0.4) is 0 Å². The van der Waals surface area contributed by atoms with Gasteiger partial charge >= 0.3 is 12.1 Å². The Labute approximate surface area is 145 Å². The average molecular weight is 363 g/mol. The van der Waals surface area contributed by atoms with Crippen molar-refractivity contribution in [2.75, 3.05) is 0 Å². The van der Waals surface area contributed by atoms with E-state index >= 15 is 0 Å². The quantitative estimate of drug-likeness (QED) is 0.614. The van der Waals surface area contributed by atoms with Gasteiger partial charge in [-0.1, -0.05) is 42.5 Å². The molecular weight excluding hydrogens is 351 g/mol. The zero-order valence-corrected chi connectivity index (χ0v) is 13.2. The summed E-state index contributed by atoms with van der Waals surface area (Å²) in [4.78, 5) is 22.1. The number of rotatable bonds is 3. The van der Waals surface area contributed by atoms with Crippen LogP contribution >= 0.6 is 0 Å². The highest BCUT2D eigenvalue weighted by atomic mass is 19.4. The van der Waals surface area contributed by atoms with Crippen LogP contribution in [0.15, 0.2) is 59.7 Å². The van der Waals surface area contributed by atoms with E-state index in [9.17, 15) is 28.1 Å². The van der Waals surface area contributed by atoms with Crippen LogP contribution in [0, 0.1) is 10.1 Å². The van der Waals surface area contributed by atoms with E-state index in [1.165, 1.54) is 24.3 Å². The van der Waals surface area contributed by atoms with E-state index in [0.29, 0.717) is 16.1 Å². The fourth-order valence-electron chi connectivity index (χ4n) is 2.74. The van der Waals surface area contributed by atoms with E-state index < -0.39 is 23.0 Å². The third kappa shape index (κ3) is 3.41. The van der Waals surface area contributed by atoms with Gasteiger partial charge < -0.3 is 0 Å². The first-order valence-electron chi connectivity index (χ1n) is 7.55. The summed E-state index contributed by atoms with van der Waals surface area (Å²) in [5.74, 6) is -2.08. The van der Waals surface area contributed by atoms with Gasteiger partial charge in [0, 0.05) is 24.1 Å². The molecule has 0 spiro atoms. The fourth-order valence-corrected chi connectivity index (χ4v) is 2.74. The number of nitro groups is 1. The predicted octanol–water partition coefficient (Wildman–Crippen LogP) is 3.83. The molecular formula is C17H12F3N3O3. The van der Waals surface area contributed by atoms with Gasteiger partial charge in [-0.3, -0.25) is 14.9 Å². The van der Waals surface area contributed by atoms with Gasteiger partial charge in [0.2, 0.25) is 0 Å². The molecule has 0 aromatic heterocycles. The lowest BCUT2D eigenvalue weighted by atomic mass is 9.98. The topological polar surface area (TPSA) is 75.8 Å². The molecule has 0 unspecified atom stereocenters. The normalized spacial score (nSPS) is 17.1. The van der Waals surface area contributed by atoms with Crippen LogP contribution in [0.25, 0.3) is 0 Å². The molecule has 1 aliphatic heterocycles. The van der Waals surface area contributed by atoms with E-state index in [1.807, 2.05) is 0 Å². The molecule has 1 heterocycles. The second kappa shape index (κ2) is 6.58. The van der Waals surface area contributed by atoms with Gasteiger partial charge in [0.1, 0.15) is 0 Å². The number of carbonyl (C=O) groups excluding carboxylic acids is 1. The number of hydrogen-bond donors (Lipinski definition) is 0. The van der Waals surface area contributed by atoms with Crippen molar-refractivity contribution in [2.45, 2.75) is 18.6 Å². The maximum atomic E-state index is 12.9. The Morgan fingerprint density at radius 3 is 2.46 bits per heavy atom. The van der Waals surface area contributed by atoms with E-state index in [0.717, 1.165) is 0 Å². The number of hydrogen-bond acceptors (Lipinski definition) is 4. The van der Waals surface area contributed by atoms with Crippen LogP contribution in [0.2, 0.25) is 0 Å². The SMILES string of the molecule is O=C(N1N=C(c2cccc([N+](=O)[O-])c2)C[C@@H]1c1ccccc1)C(F)(F)F. The van der Waals surface area contributed by atoms with Crippen molar-refractivity contribution in [3.05, 3.63) is 75.8 Å². The number of hydrazone groups is 1. The first-order valence-corrected chi connectivity index (χ1v) is 7.55. The number of alkyl halides is 3. The molecule has 1 atom stereocenters. The Morgan fingerprint density at radius 1 is 1.15 bits per heavy atom. The van der Waals surface area contributed by atoms with Gasteiger partial charge in [0.25, 0.3) is 5.69 Å². The number of halogens is 3. The van der Waals surface area contributed by atoms with Crippen LogP contribution < -0.4 is 0 Å². The molecule has 2 aromatic rings. The molecule has 2 aromatic carbocycles. The molecule has 0 bridgehead atoms. The Hall–Kier alpha value is -3.23. The minimum Gasteiger partial charge on any atom is -0.262 e. The summed E-state index contributed by atoms with van der Waals surface area (Å²) in [5.41, 5.74) is 0.772. The van der Waals surface area contributed by atoms with Gasteiger partial charge in [-0.05, 0) is 5.56 Å². The van der Waals surface area contributed by atoms with Crippen LogP contribution in [0.5, 0.6) is 0 Å². The van der Waals surface area contributed by atoms with E-state index in [4.69, 9.17) is 0 Å². The van der Waals surface area contributed by atoms with Gasteiger partial charge in [0.15, 0.2) is 0 Å². The van der Waals surface area contributed by atoms with Crippen molar-refractivity contribution >= 4 is 17.3 Å². The van der Waals surface area contributed by atoms with Gasteiger partial charge in [0.05, 0.1) is 16.7 Å². The molecule has 0 aliphatic carbocycles. The second-order valence-corrected chi connectivity index (χ2v) is 5.63. The van der Waals surface area contributed by atoms with Crippen LogP contribution in [-0.2, 0) is 4.79 Å². The van der Waals surface area contributed by atoms with Crippen molar-refractivity contribution in [2.24, 2.45) is 5.10 Å². The van der Waals surface area contributed by atoms with E-state index in [-0.39, 0.29) is 17.8 Å². The standard InChI is InChI=1S/C17H12F3N3O3/c18-17(19,20)16(24)22-15(11-5-2-1-3-6-11)10-14(21-22)12-7-4-8-13(9-12)23(25)26/h1-9,15H,10H2/t15-/m1/s1. The van der Waals surface area contributed by atoms with Crippen molar-refractivity contribution in [1.82, 2.24) is 5.01 Å². The monoisotopic (exact) mass is 363 g/mol. The van der Waals surface area contributed by atoms with E-state index in [1.54, 1.807) is 30.3 Å². The smallest absolute Gasteiger partial charge is 0.262 e. The number of benzene rings is 2. The molecule has 0 saturated carbocycles. The highest BCUT2D eigenvalue weighted by molar-refractivity contribution is 6.03. The molecule has 0 radical (unpaired) electrons. The van der Waals surface area contributed by atoms with Gasteiger partial charge in [-0.15, -0.1) is 0 Å². The summed E-state index contributed by atoms with van der Waals surface area (Å²) in [5, 5.41) is 15.2. The van der Waals surface area contributed by atoms with Crippen molar-refractivity contribution in [1.29, 1.82) is 0 Å². The minimum atomic E-state index is -5.07. The summed E-state index contributed by atoms with van der Waals surface area (Å²) < 4.78 is 38.8. The molecule has 0 fully saturated rings. The Kier molecular flexibility index (Phi) is 4.45. The average Bonchev–Trinajstić information content (AvgIpc) is 3.06. The molecule has 1 aliphatic rings. The Morgan fingerprint density at radius 2 is 1.85 bits per heavy atom. The predicted molar refractivity (Wildman–Crippen MR) is 86.3 cm³/mol. The molecule has 3 rings (SSSR count). The molecule has 6 nitrogen and oxygen atoms in total. The first-order chi connectivity index (χ1) is 12.3. The van der Waals surface area contributed by atoms with Gasteiger partial charge in [-0.2, -0.15) is 18.3 Å². The van der Waals surface area contributed by atoms with Crippen molar-refractivity contribution in [3.63, 3.8) is 0 Å². The largest absolute Gasteiger partial charge is 0.473 e. The van der Waals surface area contributed by atoms with Crippen LogP contribution in [0.4, 0.5) is 18.9 Å². The number of nitrogens with zero attached hydrogens (tertiary/aromatic N) is 3. The molecule has 134 valence electrons. The zero-order chi connectivity index (χ0) is 18.9. The molecule has 9 heteroatoms. The third-order valence-electron chi connectivity index (χ3n) is 3.94. The Balaban J connectivity index is 2.01. The summed E-state index contributed by atoms with van der Waals surface area (Å²) in [7, 11) is 0. The number of carbonyl (C=O) groups is 1. The summed E-state index contributed by atoms with van der Waals surface area (Å²) in [6.07, 6.45) is -5.05. The lowest BCUT2D eigenvalue weighted by molar-refractivity contribution is -0.384. The number of amides is 1. The maximum Gasteiger partial charge on any atom is 0.473 e. The van der Waals surface area contributed by atoms with Crippen LogP contribution in [0.1, 0.15) is 23.6 Å². The Bertz CT molecular complexity index is 882. The number of nitro benzene ring substituents is 1. The van der Waals surface area contributed by atoms with Crippen molar-refractivity contribution < 1.29 is 22.9 Å². The molecule has 0 saturated heterocycles. The summed E-state index contributed by atoms with van der Waals surface area (Å²) >= 11 is 0. The zero-order valence-electron chi connectivity index (χ0n) is 13.2. The summed E-state index contributed by atoms with van der Waals surface area (Å²) in [6, 6.07) is 12.7. The highest BCUT2D eigenvalue weighted by Crippen LogP contribution is 2.36. The maximum absolute atomic E-state index is 12.9. The first kappa shape index (κ1) is 17.6. The fraction of sp³-hybridized carbons (Fsp3) is 0.176. The van der Waals surface area contributed by atoms with Gasteiger partial charge in [-0.25, -0.2) is 5.01 Å². The highest BCUT2D eigenvalue weighted by Gasteiger charge is 2.47.